The molecule has 0 radical (unpaired) electrons. The van der Waals surface area contributed by atoms with E-state index in [1.54, 1.807) is 4.90 Å². The number of carbonyl (C=O) groups is 1. The first-order chi connectivity index (χ1) is 9.37. The van der Waals surface area contributed by atoms with Gasteiger partial charge in [-0.3, -0.25) is 4.68 Å². The number of nitrogens with one attached hydrogen (secondary N) is 1. The van der Waals surface area contributed by atoms with E-state index in [1.807, 2.05) is 37.8 Å². The quantitative estimate of drug-likeness (QED) is 0.910. The Labute approximate surface area is 120 Å². The van der Waals surface area contributed by atoms with E-state index in [4.69, 9.17) is 4.74 Å². The number of amides is 1. The van der Waals surface area contributed by atoms with Crippen LogP contribution in [-0.2, 0) is 17.8 Å². The van der Waals surface area contributed by atoms with Crippen LogP contribution in [0.15, 0.2) is 12.4 Å². The van der Waals surface area contributed by atoms with Crippen molar-refractivity contribution >= 4 is 6.09 Å². The second-order valence-corrected chi connectivity index (χ2v) is 6.17. The third kappa shape index (κ3) is 3.96. The van der Waals surface area contributed by atoms with Crippen LogP contribution >= 0.6 is 0 Å². The van der Waals surface area contributed by atoms with Crippen molar-refractivity contribution in [3.63, 3.8) is 0 Å². The minimum Gasteiger partial charge on any atom is -0.444 e. The average Bonchev–Trinajstić information content (AvgIpc) is 2.72. The number of carbonyl (C=O) groups excluding carboxylic acids is 1. The van der Waals surface area contributed by atoms with Crippen molar-refractivity contribution in [1.29, 1.82) is 0 Å². The van der Waals surface area contributed by atoms with Gasteiger partial charge in [0.25, 0.3) is 0 Å². The lowest BCUT2D eigenvalue weighted by Gasteiger charge is -2.40. The first-order valence-corrected chi connectivity index (χ1v) is 7.10. The number of rotatable bonds is 4. The molecule has 0 aliphatic carbocycles. The van der Waals surface area contributed by atoms with E-state index >= 15 is 0 Å². The van der Waals surface area contributed by atoms with Gasteiger partial charge >= 0.3 is 6.09 Å². The summed E-state index contributed by atoms with van der Waals surface area (Å²) in [6.07, 6.45) is 3.69. The van der Waals surface area contributed by atoms with Gasteiger partial charge in [-0.05, 0) is 27.7 Å². The molecular weight excluding hydrogens is 256 g/mol. The van der Waals surface area contributed by atoms with Crippen molar-refractivity contribution in [1.82, 2.24) is 20.0 Å². The minimum atomic E-state index is -0.426. The van der Waals surface area contributed by atoms with Crippen molar-refractivity contribution in [3.8, 4) is 0 Å². The highest BCUT2D eigenvalue weighted by Gasteiger charge is 2.33. The van der Waals surface area contributed by atoms with Crippen molar-refractivity contribution in [2.45, 2.75) is 52.4 Å². The maximum Gasteiger partial charge on any atom is 0.410 e. The van der Waals surface area contributed by atoms with Crippen LogP contribution in [0.4, 0.5) is 4.79 Å². The molecule has 1 aliphatic rings. The molecule has 0 aromatic carbocycles. The number of nitrogens with zero attached hydrogens (tertiary/aromatic N) is 3. The molecule has 0 atom stereocenters. The Bertz CT molecular complexity index is 458. The largest absolute Gasteiger partial charge is 0.444 e. The highest BCUT2D eigenvalue weighted by atomic mass is 16.6. The Morgan fingerprint density at radius 2 is 2.20 bits per heavy atom. The molecule has 1 saturated heterocycles. The topological polar surface area (TPSA) is 59.4 Å². The minimum absolute atomic E-state index is 0.227. The maximum absolute atomic E-state index is 11.8. The summed E-state index contributed by atoms with van der Waals surface area (Å²) in [5.74, 6) is 0. The van der Waals surface area contributed by atoms with Crippen LogP contribution in [0.2, 0.25) is 0 Å². The maximum atomic E-state index is 11.8. The van der Waals surface area contributed by atoms with Crippen molar-refractivity contribution in [3.05, 3.63) is 18.0 Å². The lowest BCUT2D eigenvalue weighted by Crippen LogP contribution is -2.60. The summed E-state index contributed by atoms with van der Waals surface area (Å²) in [5.41, 5.74) is 0.743. The molecule has 1 aromatic rings. The van der Waals surface area contributed by atoms with E-state index < -0.39 is 5.60 Å². The molecule has 0 saturated carbocycles. The Balaban J connectivity index is 1.68. The van der Waals surface area contributed by atoms with Gasteiger partial charge in [0, 0.05) is 44.0 Å². The molecule has 1 amide bonds. The molecule has 1 N–H and O–H groups in total. The van der Waals surface area contributed by atoms with Crippen LogP contribution in [0.25, 0.3) is 0 Å². The van der Waals surface area contributed by atoms with Crippen LogP contribution < -0.4 is 5.32 Å². The molecule has 112 valence electrons. The fourth-order valence-corrected chi connectivity index (χ4v) is 2.02. The van der Waals surface area contributed by atoms with Gasteiger partial charge in [0.15, 0.2) is 0 Å². The number of ether oxygens (including phenoxy) is 1. The van der Waals surface area contributed by atoms with E-state index in [1.165, 1.54) is 5.56 Å². The second kappa shape index (κ2) is 5.83. The Morgan fingerprint density at radius 1 is 1.50 bits per heavy atom. The van der Waals surface area contributed by atoms with Crippen LogP contribution in [0.5, 0.6) is 0 Å². The monoisotopic (exact) mass is 280 g/mol. The molecule has 0 spiro atoms. The molecule has 1 aliphatic heterocycles. The SMILES string of the molecule is CCn1cc(CNC2CN(C(=O)OC(C)(C)C)C2)cn1. The molecule has 2 heterocycles. The van der Waals surface area contributed by atoms with Crippen molar-refractivity contribution in [2.75, 3.05) is 13.1 Å². The third-order valence-corrected chi connectivity index (χ3v) is 3.14. The van der Waals surface area contributed by atoms with Gasteiger partial charge in [0.05, 0.1) is 6.20 Å². The van der Waals surface area contributed by atoms with Crippen LogP contribution in [0.1, 0.15) is 33.3 Å². The highest BCUT2D eigenvalue weighted by Crippen LogP contribution is 2.15. The summed E-state index contributed by atoms with van der Waals surface area (Å²) in [4.78, 5) is 13.5. The van der Waals surface area contributed by atoms with Gasteiger partial charge in [0.1, 0.15) is 5.60 Å². The molecular formula is C14H24N4O2. The summed E-state index contributed by atoms with van der Waals surface area (Å²) in [7, 11) is 0. The van der Waals surface area contributed by atoms with Gasteiger partial charge in [-0.25, -0.2) is 4.79 Å². The Kier molecular flexibility index (Phi) is 4.32. The van der Waals surface area contributed by atoms with E-state index in [2.05, 4.69) is 17.3 Å². The number of likely N-dealkylation sites (tertiary alicyclic amines) is 1. The number of hydrogen-bond acceptors (Lipinski definition) is 4. The summed E-state index contributed by atoms with van der Waals surface area (Å²) >= 11 is 0. The predicted octanol–water partition coefficient (Wildman–Crippen LogP) is 1.61. The molecule has 0 bridgehead atoms. The summed E-state index contributed by atoms with van der Waals surface area (Å²) < 4.78 is 7.22. The fraction of sp³-hybridized carbons (Fsp3) is 0.714. The van der Waals surface area contributed by atoms with Gasteiger partial charge in [-0.15, -0.1) is 0 Å². The molecule has 1 fully saturated rings. The van der Waals surface area contributed by atoms with Crippen LogP contribution in [-0.4, -0.2) is 45.5 Å². The van der Waals surface area contributed by atoms with Crippen molar-refractivity contribution in [2.24, 2.45) is 0 Å². The fourth-order valence-electron chi connectivity index (χ4n) is 2.02. The lowest BCUT2D eigenvalue weighted by atomic mass is 10.1. The van der Waals surface area contributed by atoms with Gasteiger partial charge in [-0.1, -0.05) is 0 Å². The molecule has 1 aromatic heterocycles. The second-order valence-electron chi connectivity index (χ2n) is 6.17. The van der Waals surface area contributed by atoms with E-state index in [-0.39, 0.29) is 6.09 Å². The van der Waals surface area contributed by atoms with Gasteiger partial charge in [0.2, 0.25) is 0 Å². The summed E-state index contributed by atoms with van der Waals surface area (Å²) in [6.45, 7) is 10.8. The Morgan fingerprint density at radius 3 is 2.75 bits per heavy atom. The Hall–Kier alpha value is -1.56. The smallest absolute Gasteiger partial charge is 0.410 e. The van der Waals surface area contributed by atoms with Gasteiger partial charge in [-0.2, -0.15) is 5.10 Å². The number of aryl methyl sites for hydroxylation is 1. The third-order valence-electron chi connectivity index (χ3n) is 3.14. The van der Waals surface area contributed by atoms with E-state index in [0.29, 0.717) is 19.1 Å². The zero-order valence-corrected chi connectivity index (χ0v) is 12.7. The molecule has 0 unspecified atom stereocenters. The molecule has 6 heteroatoms. The summed E-state index contributed by atoms with van der Waals surface area (Å²) in [5, 5.41) is 7.65. The first kappa shape index (κ1) is 14.8. The molecule has 20 heavy (non-hydrogen) atoms. The molecule has 2 rings (SSSR count). The summed E-state index contributed by atoms with van der Waals surface area (Å²) in [6, 6.07) is 0.340. The van der Waals surface area contributed by atoms with Gasteiger partial charge < -0.3 is 15.0 Å². The van der Waals surface area contributed by atoms with Crippen molar-refractivity contribution < 1.29 is 9.53 Å². The van der Waals surface area contributed by atoms with Crippen LogP contribution in [0, 0.1) is 0 Å². The normalized spacial score (nSPS) is 16.1. The lowest BCUT2D eigenvalue weighted by molar-refractivity contribution is 0.00519. The predicted molar refractivity (Wildman–Crippen MR) is 76.3 cm³/mol. The number of aromatic nitrogens is 2. The average molecular weight is 280 g/mol. The van der Waals surface area contributed by atoms with E-state index in [9.17, 15) is 4.79 Å². The zero-order valence-electron chi connectivity index (χ0n) is 12.7. The zero-order chi connectivity index (χ0) is 14.8. The number of hydrogen-bond donors (Lipinski definition) is 1. The van der Waals surface area contributed by atoms with Crippen LogP contribution in [0.3, 0.4) is 0 Å². The first-order valence-electron chi connectivity index (χ1n) is 7.10. The highest BCUT2D eigenvalue weighted by molar-refractivity contribution is 5.69. The molecule has 6 nitrogen and oxygen atoms in total. The van der Waals surface area contributed by atoms with E-state index in [0.717, 1.165) is 13.1 Å². The standard InChI is InChI=1S/C14H24N4O2/c1-5-18-8-11(7-16-18)6-15-12-9-17(10-12)13(19)20-14(2,3)4/h7-8,12,15H,5-6,9-10H2,1-4H3.